The number of nitrogen functional groups attached to an aromatic ring is 1. The zero-order valence-electron chi connectivity index (χ0n) is 16.5. The predicted octanol–water partition coefficient (Wildman–Crippen LogP) is 3.84. The summed E-state index contributed by atoms with van der Waals surface area (Å²) in [5.74, 6) is -4.67. The standard InChI is InChI=1S/C19H20F5N5O2/c1-8(4-14(19(22,23)24)31-18(26)27)12-5-11(6-13(20)15(12)21)29-17(30)16-9(2)3-10(25)7-28-16/h3,5-8,14H,4,25H2,1-2H3,(H3,26,27)(H,29,30). The van der Waals surface area contributed by atoms with E-state index in [-0.39, 0.29) is 11.4 Å². The van der Waals surface area contributed by atoms with Crippen LogP contribution in [0.3, 0.4) is 0 Å². The number of nitrogens with one attached hydrogen (secondary N) is 2. The number of hydrogen-bond donors (Lipinski definition) is 4. The van der Waals surface area contributed by atoms with Crippen LogP contribution in [-0.2, 0) is 4.74 Å². The van der Waals surface area contributed by atoms with Crippen molar-refractivity contribution in [2.45, 2.75) is 38.5 Å². The number of hydrogen-bond acceptors (Lipinski definition) is 5. The molecule has 0 spiro atoms. The van der Waals surface area contributed by atoms with Crippen molar-refractivity contribution in [1.29, 1.82) is 5.41 Å². The number of amidine groups is 1. The van der Waals surface area contributed by atoms with Crippen molar-refractivity contribution < 1.29 is 31.5 Å². The van der Waals surface area contributed by atoms with E-state index in [9.17, 15) is 26.7 Å². The molecule has 0 saturated carbocycles. The van der Waals surface area contributed by atoms with E-state index in [4.69, 9.17) is 16.9 Å². The minimum absolute atomic E-state index is 0.0134. The highest BCUT2D eigenvalue weighted by molar-refractivity contribution is 6.04. The van der Waals surface area contributed by atoms with E-state index in [2.05, 4.69) is 15.0 Å². The lowest BCUT2D eigenvalue weighted by Crippen LogP contribution is -2.37. The number of anilines is 2. The van der Waals surface area contributed by atoms with Gasteiger partial charge in [0.1, 0.15) is 5.69 Å². The number of pyridine rings is 1. The Labute approximate surface area is 174 Å². The quantitative estimate of drug-likeness (QED) is 0.305. The number of alkyl halides is 3. The monoisotopic (exact) mass is 445 g/mol. The average molecular weight is 445 g/mol. The molecule has 7 nitrogen and oxygen atoms in total. The third-order valence-corrected chi connectivity index (χ3v) is 4.36. The summed E-state index contributed by atoms with van der Waals surface area (Å²) >= 11 is 0. The first-order valence-electron chi connectivity index (χ1n) is 8.89. The molecule has 1 aromatic carbocycles. The first kappa shape index (κ1) is 23.8. The number of aromatic nitrogens is 1. The molecule has 6 N–H and O–H groups in total. The maximum absolute atomic E-state index is 14.3. The Morgan fingerprint density at radius 2 is 1.94 bits per heavy atom. The number of benzene rings is 1. The number of nitrogens with zero attached hydrogens (tertiary/aromatic N) is 1. The van der Waals surface area contributed by atoms with Crippen molar-refractivity contribution >= 4 is 23.3 Å². The second-order valence-corrected chi connectivity index (χ2v) is 6.90. The summed E-state index contributed by atoms with van der Waals surface area (Å²) in [4.78, 5) is 16.3. The van der Waals surface area contributed by atoms with E-state index in [0.29, 0.717) is 17.3 Å². The smallest absolute Gasteiger partial charge is 0.425 e. The van der Waals surface area contributed by atoms with Crippen LogP contribution in [0.1, 0.15) is 40.9 Å². The van der Waals surface area contributed by atoms with Gasteiger partial charge < -0.3 is 21.5 Å². The van der Waals surface area contributed by atoms with E-state index < -0.39 is 53.7 Å². The first-order chi connectivity index (χ1) is 14.3. The second kappa shape index (κ2) is 9.14. The first-order valence-corrected chi connectivity index (χ1v) is 8.89. The van der Waals surface area contributed by atoms with E-state index in [1.165, 1.54) is 19.2 Å². The van der Waals surface area contributed by atoms with Crippen LogP contribution in [-0.4, -0.2) is 29.2 Å². The van der Waals surface area contributed by atoms with Crippen molar-refractivity contribution in [3.63, 3.8) is 0 Å². The number of carbonyl (C=O) groups excluding carboxylic acids is 1. The Balaban J connectivity index is 2.31. The molecule has 0 aliphatic rings. The molecule has 168 valence electrons. The van der Waals surface area contributed by atoms with Crippen LogP contribution in [0.25, 0.3) is 0 Å². The van der Waals surface area contributed by atoms with E-state index in [0.717, 1.165) is 6.07 Å². The number of rotatable bonds is 6. The summed E-state index contributed by atoms with van der Waals surface area (Å²) in [6.45, 7) is 2.79. The van der Waals surface area contributed by atoms with Crippen molar-refractivity contribution in [3.8, 4) is 0 Å². The van der Waals surface area contributed by atoms with Crippen LogP contribution in [0.15, 0.2) is 24.4 Å². The normalized spacial score (nSPS) is 13.4. The summed E-state index contributed by atoms with van der Waals surface area (Å²) in [5, 5.41) is 9.25. The lowest BCUT2D eigenvalue weighted by Gasteiger charge is -2.24. The molecule has 2 rings (SSSR count). The maximum Gasteiger partial charge on any atom is 0.425 e. The lowest BCUT2D eigenvalue weighted by molar-refractivity contribution is -0.202. The minimum Gasteiger partial charge on any atom is -0.453 e. The molecule has 0 saturated heterocycles. The fourth-order valence-electron chi connectivity index (χ4n) is 2.92. The fourth-order valence-corrected chi connectivity index (χ4v) is 2.92. The highest BCUT2D eigenvalue weighted by atomic mass is 19.4. The molecule has 31 heavy (non-hydrogen) atoms. The number of carbonyl (C=O) groups is 1. The molecule has 0 fully saturated rings. The van der Waals surface area contributed by atoms with Gasteiger partial charge in [-0.1, -0.05) is 6.92 Å². The number of aryl methyl sites for hydroxylation is 1. The van der Waals surface area contributed by atoms with Gasteiger partial charge in [-0.2, -0.15) is 13.2 Å². The molecule has 0 aliphatic carbocycles. The van der Waals surface area contributed by atoms with Gasteiger partial charge in [0.05, 0.1) is 11.9 Å². The summed E-state index contributed by atoms with van der Waals surface area (Å²) in [7, 11) is 0. The Morgan fingerprint density at radius 1 is 1.29 bits per heavy atom. The van der Waals surface area contributed by atoms with Gasteiger partial charge in [0.25, 0.3) is 11.9 Å². The van der Waals surface area contributed by atoms with Gasteiger partial charge >= 0.3 is 6.18 Å². The Bertz CT molecular complexity index is 996. The van der Waals surface area contributed by atoms with Crippen molar-refractivity contribution in [2.75, 3.05) is 11.1 Å². The zero-order chi connectivity index (χ0) is 23.5. The Hall–Kier alpha value is -3.44. The number of ether oxygens (including phenoxy) is 1. The van der Waals surface area contributed by atoms with Gasteiger partial charge in [0.15, 0.2) is 17.7 Å². The summed E-state index contributed by atoms with van der Waals surface area (Å²) in [6.07, 6.45) is -6.98. The van der Waals surface area contributed by atoms with Crippen LogP contribution >= 0.6 is 0 Å². The van der Waals surface area contributed by atoms with Crippen LogP contribution in [0.4, 0.5) is 33.3 Å². The van der Waals surface area contributed by atoms with E-state index in [1.807, 2.05) is 0 Å². The third-order valence-electron chi connectivity index (χ3n) is 4.36. The van der Waals surface area contributed by atoms with Crippen molar-refractivity contribution in [1.82, 2.24) is 4.98 Å². The van der Waals surface area contributed by atoms with Gasteiger partial charge in [0, 0.05) is 18.2 Å². The Morgan fingerprint density at radius 3 is 2.48 bits per heavy atom. The van der Waals surface area contributed by atoms with Crippen LogP contribution in [0.5, 0.6) is 0 Å². The minimum atomic E-state index is -4.89. The largest absolute Gasteiger partial charge is 0.453 e. The van der Waals surface area contributed by atoms with E-state index >= 15 is 0 Å². The topological polar surface area (TPSA) is 127 Å². The van der Waals surface area contributed by atoms with Gasteiger partial charge in [-0.3, -0.25) is 10.2 Å². The van der Waals surface area contributed by atoms with Crippen molar-refractivity contribution in [2.24, 2.45) is 5.73 Å². The van der Waals surface area contributed by atoms with Crippen LogP contribution in [0, 0.1) is 24.0 Å². The van der Waals surface area contributed by atoms with Gasteiger partial charge in [-0.15, -0.1) is 0 Å². The predicted molar refractivity (Wildman–Crippen MR) is 104 cm³/mol. The van der Waals surface area contributed by atoms with Crippen LogP contribution < -0.4 is 16.8 Å². The fraction of sp³-hybridized carbons (Fsp3) is 0.316. The van der Waals surface area contributed by atoms with Gasteiger partial charge in [-0.05, 0) is 36.1 Å². The van der Waals surface area contributed by atoms with Crippen LogP contribution in [0.2, 0.25) is 0 Å². The summed E-state index contributed by atoms with van der Waals surface area (Å²) in [6, 6.07) is 2.05. The molecule has 1 heterocycles. The highest BCUT2D eigenvalue weighted by Crippen LogP contribution is 2.34. The molecular formula is C19H20F5N5O2. The molecule has 2 unspecified atom stereocenters. The molecule has 0 radical (unpaired) electrons. The summed E-state index contributed by atoms with van der Waals surface area (Å²) in [5.41, 5.74) is 10.6. The molecule has 1 aromatic heterocycles. The molecule has 0 bridgehead atoms. The lowest BCUT2D eigenvalue weighted by atomic mass is 9.93. The van der Waals surface area contributed by atoms with E-state index in [1.54, 1.807) is 6.92 Å². The zero-order valence-corrected chi connectivity index (χ0v) is 16.5. The van der Waals surface area contributed by atoms with Gasteiger partial charge in [0.2, 0.25) is 0 Å². The number of nitrogens with two attached hydrogens (primary N) is 2. The molecule has 2 aromatic rings. The summed E-state index contributed by atoms with van der Waals surface area (Å²) < 4.78 is 72.1. The molecule has 0 aliphatic heterocycles. The SMILES string of the molecule is Cc1cc(N)cnc1C(=O)Nc1cc(F)c(F)c(C(C)CC(OC(=N)N)C(F)(F)F)c1. The molecule has 1 amide bonds. The number of amides is 1. The second-order valence-electron chi connectivity index (χ2n) is 6.90. The molecule has 12 heteroatoms. The molecular weight excluding hydrogens is 425 g/mol. The maximum atomic E-state index is 14.3. The highest BCUT2D eigenvalue weighted by Gasteiger charge is 2.43. The molecule has 2 atom stereocenters. The number of halogens is 5. The Kier molecular flexibility index (Phi) is 7.03. The van der Waals surface area contributed by atoms with Gasteiger partial charge in [-0.25, -0.2) is 13.8 Å². The average Bonchev–Trinajstić information content (AvgIpc) is 2.62. The van der Waals surface area contributed by atoms with Crippen molar-refractivity contribution in [3.05, 3.63) is 52.9 Å². The third kappa shape index (κ3) is 6.03.